The molecular formula is C18H15ClN2O3S2. The molecule has 5 nitrogen and oxygen atoms in total. The Morgan fingerprint density at radius 3 is 2.65 bits per heavy atom. The van der Waals surface area contributed by atoms with Crippen LogP contribution >= 0.6 is 22.9 Å². The standard InChI is InChI=1S/C18H15ClN2O3S2/c1-21-15-9-8-13(26(2,23)24)11-16(15)25-18(21)20-17(22)10-7-12-5-3-4-6-14(12)19/h3-11H,1-2H3/b10-7+,20-18?. The molecule has 0 saturated heterocycles. The zero-order valence-corrected chi connectivity index (χ0v) is 16.4. The van der Waals surface area contributed by atoms with Gasteiger partial charge in [-0.05, 0) is 35.9 Å². The van der Waals surface area contributed by atoms with E-state index in [2.05, 4.69) is 4.99 Å². The van der Waals surface area contributed by atoms with E-state index < -0.39 is 15.7 Å². The highest BCUT2D eigenvalue weighted by molar-refractivity contribution is 7.90. The van der Waals surface area contributed by atoms with Gasteiger partial charge in [-0.3, -0.25) is 4.79 Å². The average Bonchev–Trinajstić information content (AvgIpc) is 2.89. The highest BCUT2D eigenvalue weighted by Crippen LogP contribution is 2.21. The number of amides is 1. The molecule has 0 radical (unpaired) electrons. The predicted octanol–water partition coefficient (Wildman–Crippen LogP) is 3.44. The fourth-order valence-electron chi connectivity index (χ4n) is 2.35. The van der Waals surface area contributed by atoms with Crippen LogP contribution in [0.1, 0.15) is 5.56 Å². The van der Waals surface area contributed by atoms with Crippen molar-refractivity contribution in [2.75, 3.05) is 6.26 Å². The van der Waals surface area contributed by atoms with Gasteiger partial charge >= 0.3 is 0 Å². The van der Waals surface area contributed by atoms with Crippen molar-refractivity contribution in [3.63, 3.8) is 0 Å². The van der Waals surface area contributed by atoms with Crippen LogP contribution in [-0.2, 0) is 21.7 Å². The van der Waals surface area contributed by atoms with Gasteiger partial charge in [0.15, 0.2) is 14.6 Å². The first kappa shape index (κ1) is 18.6. The third-order valence-corrected chi connectivity index (χ3v) is 6.27. The lowest BCUT2D eigenvalue weighted by atomic mass is 10.2. The van der Waals surface area contributed by atoms with Gasteiger partial charge in [0.2, 0.25) is 0 Å². The quantitative estimate of drug-likeness (QED) is 0.625. The molecule has 0 aliphatic rings. The number of aryl methyl sites for hydroxylation is 1. The largest absolute Gasteiger partial charge is 0.319 e. The van der Waals surface area contributed by atoms with E-state index in [9.17, 15) is 13.2 Å². The molecule has 0 aliphatic carbocycles. The zero-order valence-electron chi connectivity index (χ0n) is 14.0. The second-order valence-corrected chi connectivity index (χ2v) is 9.08. The Labute approximate surface area is 159 Å². The number of carbonyl (C=O) groups is 1. The SMILES string of the molecule is Cn1c(=NC(=O)/C=C/c2ccccc2Cl)sc2cc(S(C)(=O)=O)ccc21. The number of fused-ring (bicyclic) bond motifs is 1. The molecular weight excluding hydrogens is 392 g/mol. The van der Waals surface area contributed by atoms with Gasteiger partial charge in [-0.2, -0.15) is 4.99 Å². The molecule has 0 saturated carbocycles. The number of sulfone groups is 1. The van der Waals surface area contributed by atoms with Crippen LogP contribution in [0.5, 0.6) is 0 Å². The fourth-order valence-corrected chi connectivity index (χ4v) is 4.34. The van der Waals surface area contributed by atoms with Gasteiger partial charge in [0.1, 0.15) is 0 Å². The maximum Gasteiger partial charge on any atom is 0.272 e. The first-order valence-corrected chi connectivity index (χ1v) is 10.7. The van der Waals surface area contributed by atoms with Gasteiger partial charge in [-0.25, -0.2) is 8.42 Å². The highest BCUT2D eigenvalue weighted by Gasteiger charge is 2.11. The van der Waals surface area contributed by atoms with E-state index in [1.54, 1.807) is 48.0 Å². The molecule has 2 aromatic carbocycles. The third kappa shape index (κ3) is 3.95. The molecule has 134 valence electrons. The van der Waals surface area contributed by atoms with Crippen LogP contribution < -0.4 is 4.80 Å². The van der Waals surface area contributed by atoms with Crippen LogP contribution in [0.15, 0.2) is 58.4 Å². The molecule has 26 heavy (non-hydrogen) atoms. The van der Waals surface area contributed by atoms with E-state index >= 15 is 0 Å². The summed E-state index contributed by atoms with van der Waals surface area (Å²) in [5.41, 5.74) is 1.54. The summed E-state index contributed by atoms with van der Waals surface area (Å²) >= 11 is 7.31. The molecule has 0 bridgehead atoms. The molecule has 1 aromatic heterocycles. The Bertz CT molecular complexity index is 1200. The summed E-state index contributed by atoms with van der Waals surface area (Å²) in [7, 11) is -1.51. The van der Waals surface area contributed by atoms with Crippen molar-refractivity contribution < 1.29 is 13.2 Å². The normalized spacial score (nSPS) is 13.0. The van der Waals surface area contributed by atoms with E-state index in [0.29, 0.717) is 9.82 Å². The van der Waals surface area contributed by atoms with Crippen molar-refractivity contribution in [2.45, 2.75) is 4.90 Å². The van der Waals surface area contributed by atoms with Crippen LogP contribution in [0, 0.1) is 0 Å². The molecule has 0 unspecified atom stereocenters. The second-order valence-electron chi connectivity index (χ2n) is 5.65. The highest BCUT2D eigenvalue weighted by atomic mass is 35.5. The molecule has 1 amide bonds. The molecule has 3 rings (SSSR count). The Morgan fingerprint density at radius 1 is 1.23 bits per heavy atom. The van der Waals surface area contributed by atoms with Crippen LogP contribution in [0.4, 0.5) is 0 Å². The summed E-state index contributed by atoms with van der Waals surface area (Å²) in [5.74, 6) is -0.421. The summed E-state index contributed by atoms with van der Waals surface area (Å²) in [6.45, 7) is 0. The number of aromatic nitrogens is 1. The van der Waals surface area contributed by atoms with Gasteiger partial charge < -0.3 is 4.57 Å². The van der Waals surface area contributed by atoms with Crippen LogP contribution in [0.25, 0.3) is 16.3 Å². The van der Waals surface area contributed by atoms with Crippen molar-refractivity contribution in [1.82, 2.24) is 4.57 Å². The number of halogens is 1. The molecule has 8 heteroatoms. The minimum absolute atomic E-state index is 0.239. The minimum Gasteiger partial charge on any atom is -0.319 e. The molecule has 0 spiro atoms. The van der Waals surface area contributed by atoms with Crippen molar-refractivity contribution in [3.8, 4) is 0 Å². The molecule has 3 aromatic rings. The number of hydrogen-bond donors (Lipinski definition) is 0. The monoisotopic (exact) mass is 406 g/mol. The average molecular weight is 407 g/mol. The summed E-state index contributed by atoms with van der Waals surface area (Å²) in [6, 6.07) is 12.1. The molecule has 1 heterocycles. The van der Waals surface area contributed by atoms with Crippen molar-refractivity contribution >= 4 is 55.0 Å². The van der Waals surface area contributed by atoms with E-state index in [4.69, 9.17) is 11.6 Å². The van der Waals surface area contributed by atoms with Crippen molar-refractivity contribution in [3.05, 3.63) is 63.9 Å². The molecule has 0 N–H and O–H groups in total. The van der Waals surface area contributed by atoms with Crippen LogP contribution in [0.3, 0.4) is 0 Å². The Balaban J connectivity index is 1.98. The van der Waals surface area contributed by atoms with Gasteiger partial charge in [0.25, 0.3) is 5.91 Å². The van der Waals surface area contributed by atoms with Gasteiger partial charge in [-0.15, -0.1) is 0 Å². The molecule has 0 atom stereocenters. The predicted molar refractivity (Wildman–Crippen MR) is 105 cm³/mol. The van der Waals surface area contributed by atoms with Crippen LogP contribution in [0.2, 0.25) is 5.02 Å². The first-order chi connectivity index (χ1) is 12.3. The van der Waals surface area contributed by atoms with Crippen LogP contribution in [-0.4, -0.2) is 25.1 Å². The smallest absolute Gasteiger partial charge is 0.272 e. The summed E-state index contributed by atoms with van der Waals surface area (Å²) in [6.07, 6.45) is 4.13. The van der Waals surface area contributed by atoms with Gasteiger partial charge in [0.05, 0.1) is 15.1 Å². The maximum absolute atomic E-state index is 12.2. The lowest BCUT2D eigenvalue weighted by Crippen LogP contribution is -2.12. The van der Waals surface area contributed by atoms with Crippen molar-refractivity contribution in [1.29, 1.82) is 0 Å². The number of hydrogen-bond acceptors (Lipinski definition) is 4. The number of carbonyl (C=O) groups excluding carboxylic acids is 1. The number of thiazole rings is 1. The molecule has 0 aliphatic heterocycles. The van der Waals surface area contributed by atoms with E-state index in [-0.39, 0.29) is 4.90 Å². The summed E-state index contributed by atoms with van der Waals surface area (Å²) in [5, 5.41) is 0.553. The molecule has 0 fully saturated rings. The third-order valence-electron chi connectivity index (χ3n) is 3.73. The Kier molecular flexibility index (Phi) is 5.13. The lowest BCUT2D eigenvalue weighted by Gasteiger charge is -1.99. The number of rotatable bonds is 3. The van der Waals surface area contributed by atoms with Gasteiger partial charge in [-0.1, -0.05) is 41.1 Å². The summed E-state index contributed by atoms with van der Waals surface area (Å²) < 4.78 is 25.9. The second kappa shape index (κ2) is 7.19. The number of nitrogens with zero attached hydrogens (tertiary/aromatic N) is 2. The lowest BCUT2D eigenvalue weighted by molar-refractivity contribution is -0.113. The number of benzene rings is 2. The topological polar surface area (TPSA) is 68.5 Å². The van der Waals surface area contributed by atoms with E-state index in [1.807, 2.05) is 12.1 Å². The summed E-state index contributed by atoms with van der Waals surface area (Å²) in [4.78, 5) is 17.0. The minimum atomic E-state index is -3.29. The van der Waals surface area contributed by atoms with E-state index in [1.165, 1.54) is 17.4 Å². The fraction of sp³-hybridized carbons (Fsp3) is 0.111. The Hall–Kier alpha value is -2.22. The van der Waals surface area contributed by atoms with Gasteiger partial charge in [0, 0.05) is 24.4 Å². The maximum atomic E-state index is 12.2. The van der Waals surface area contributed by atoms with Crippen molar-refractivity contribution in [2.24, 2.45) is 12.0 Å². The Morgan fingerprint density at radius 2 is 1.96 bits per heavy atom. The van der Waals surface area contributed by atoms with E-state index in [0.717, 1.165) is 22.0 Å². The first-order valence-electron chi connectivity index (χ1n) is 7.56. The zero-order chi connectivity index (χ0) is 18.9.